The summed E-state index contributed by atoms with van der Waals surface area (Å²) in [4.78, 5) is 0. The van der Waals surface area contributed by atoms with Crippen molar-refractivity contribution in [2.75, 3.05) is 0 Å². The molecule has 0 N–H and O–H groups in total. The third-order valence-corrected chi connectivity index (χ3v) is 3.76. The van der Waals surface area contributed by atoms with E-state index in [1.165, 1.54) is 48.9 Å². The van der Waals surface area contributed by atoms with Gasteiger partial charge in [0.05, 0.1) is 11.4 Å². The summed E-state index contributed by atoms with van der Waals surface area (Å²) < 4.78 is 0. The van der Waals surface area contributed by atoms with Crippen LogP contribution in [0.15, 0.2) is 23.3 Å². The van der Waals surface area contributed by atoms with Crippen molar-refractivity contribution >= 4 is 11.4 Å². The molecular weight excluding hydrogens is 196 g/mol. The van der Waals surface area contributed by atoms with Gasteiger partial charge in [-0.1, -0.05) is 31.4 Å². The van der Waals surface area contributed by atoms with Crippen LogP contribution in [-0.4, -0.2) is 5.71 Å². The number of nitrogens with zero attached hydrogens (tertiary/aromatic N) is 2. The summed E-state index contributed by atoms with van der Waals surface area (Å²) in [5.41, 5.74) is 9.27. The summed E-state index contributed by atoms with van der Waals surface area (Å²) in [7, 11) is 0. The Morgan fingerprint density at radius 3 is 2.75 bits per heavy atom. The average molecular weight is 213 g/mol. The Hall–Kier alpha value is -1.31. The van der Waals surface area contributed by atoms with E-state index in [-0.39, 0.29) is 0 Å². The highest BCUT2D eigenvalue weighted by atomic mass is 15.3. The van der Waals surface area contributed by atoms with Gasteiger partial charge in [-0.3, -0.25) is 0 Å². The number of hydrogen-bond donors (Lipinski definition) is 0. The lowest BCUT2D eigenvalue weighted by Crippen LogP contribution is -2.18. The molecular formula is C14H17N2. The molecule has 0 saturated heterocycles. The Bertz CT molecular complexity index is 428. The Morgan fingerprint density at radius 1 is 1.12 bits per heavy atom. The first-order chi connectivity index (χ1) is 7.86. The van der Waals surface area contributed by atoms with Gasteiger partial charge in [-0.25, -0.2) is 0 Å². The van der Waals surface area contributed by atoms with Crippen LogP contribution in [0, 0.1) is 12.8 Å². The van der Waals surface area contributed by atoms with Gasteiger partial charge in [0, 0.05) is 11.5 Å². The maximum absolute atomic E-state index is 4.43. The minimum Gasteiger partial charge on any atom is -0.154 e. The first-order valence-electron chi connectivity index (χ1n) is 6.25. The van der Waals surface area contributed by atoms with E-state index in [4.69, 9.17) is 0 Å². The van der Waals surface area contributed by atoms with Gasteiger partial charge in [0.2, 0.25) is 0 Å². The van der Waals surface area contributed by atoms with Crippen LogP contribution < -0.4 is 5.43 Å². The van der Waals surface area contributed by atoms with E-state index in [1.54, 1.807) is 0 Å². The van der Waals surface area contributed by atoms with Crippen molar-refractivity contribution < 1.29 is 0 Å². The molecule has 0 bridgehead atoms. The van der Waals surface area contributed by atoms with Crippen LogP contribution in [0.2, 0.25) is 0 Å². The number of benzene rings is 1. The van der Waals surface area contributed by atoms with Crippen molar-refractivity contribution in [1.82, 2.24) is 5.43 Å². The fourth-order valence-electron chi connectivity index (χ4n) is 2.89. The number of rotatable bonds is 1. The third-order valence-electron chi connectivity index (χ3n) is 3.76. The fraction of sp³-hybridized carbons (Fsp3) is 0.500. The van der Waals surface area contributed by atoms with Crippen LogP contribution in [0.3, 0.4) is 0 Å². The molecule has 1 fully saturated rings. The van der Waals surface area contributed by atoms with Crippen LogP contribution >= 0.6 is 0 Å². The molecule has 83 valence electrons. The molecule has 2 nitrogen and oxygen atoms in total. The van der Waals surface area contributed by atoms with E-state index in [1.807, 2.05) is 0 Å². The summed E-state index contributed by atoms with van der Waals surface area (Å²) in [5.74, 6) is 0.653. The monoisotopic (exact) mass is 213 g/mol. The smallest absolute Gasteiger partial charge is 0.0950 e. The van der Waals surface area contributed by atoms with E-state index in [0.29, 0.717) is 5.92 Å². The van der Waals surface area contributed by atoms with E-state index >= 15 is 0 Å². The van der Waals surface area contributed by atoms with Gasteiger partial charge in [0.1, 0.15) is 0 Å². The van der Waals surface area contributed by atoms with Crippen LogP contribution in [0.4, 0.5) is 5.69 Å². The van der Waals surface area contributed by atoms with E-state index in [0.717, 1.165) is 5.69 Å². The van der Waals surface area contributed by atoms with Crippen molar-refractivity contribution in [1.29, 1.82) is 0 Å². The molecule has 1 heterocycles. The van der Waals surface area contributed by atoms with Crippen LogP contribution in [0.5, 0.6) is 0 Å². The largest absolute Gasteiger partial charge is 0.154 e. The molecule has 2 heteroatoms. The predicted molar refractivity (Wildman–Crippen MR) is 66.1 cm³/mol. The number of hydrogen-bond acceptors (Lipinski definition) is 1. The summed E-state index contributed by atoms with van der Waals surface area (Å²) in [6.07, 6.45) is 6.68. The second-order valence-electron chi connectivity index (χ2n) is 4.89. The SMILES string of the molecule is Cc1cccc2c1C(C1CCCCC1)=N[N]2. The second-order valence-corrected chi connectivity index (χ2v) is 4.89. The molecule has 1 aliphatic carbocycles. The predicted octanol–water partition coefficient (Wildman–Crippen LogP) is 3.53. The van der Waals surface area contributed by atoms with E-state index in [9.17, 15) is 0 Å². The van der Waals surface area contributed by atoms with Gasteiger partial charge in [-0.2, -0.15) is 10.5 Å². The lowest BCUT2D eigenvalue weighted by Gasteiger charge is -2.22. The summed E-state index contributed by atoms with van der Waals surface area (Å²) >= 11 is 0. The molecule has 1 aliphatic heterocycles. The molecule has 3 rings (SSSR count). The van der Waals surface area contributed by atoms with Crippen LogP contribution in [-0.2, 0) is 0 Å². The Kier molecular flexibility index (Phi) is 2.43. The fourth-order valence-corrected chi connectivity index (χ4v) is 2.89. The summed E-state index contributed by atoms with van der Waals surface area (Å²) in [6, 6.07) is 6.30. The van der Waals surface area contributed by atoms with Crippen LogP contribution in [0.25, 0.3) is 0 Å². The number of fused-ring (bicyclic) bond motifs is 1. The molecule has 2 aliphatic rings. The molecule has 0 aromatic heterocycles. The van der Waals surface area contributed by atoms with Crippen molar-refractivity contribution in [3.8, 4) is 0 Å². The molecule has 1 aromatic rings. The quantitative estimate of drug-likeness (QED) is 0.682. The van der Waals surface area contributed by atoms with Gasteiger partial charge in [0.15, 0.2) is 0 Å². The highest BCUT2D eigenvalue weighted by molar-refractivity contribution is 6.09. The van der Waals surface area contributed by atoms with Crippen molar-refractivity contribution in [2.24, 2.45) is 11.0 Å². The lowest BCUT2D eigenvalue weighted by atomic mass is 9.82. The molecule has 16 heavy (non-hydrogen) atoms. The maximum Gasteiger partial charge on any atom is 0.0950 e. The summed E-state index contributed by atoms with van der Waals surface area (Å²) in [5, 5.41) is 4.43. The first-order valence-corrected chi connectivity index (χ1v) is 6.25. The van der Waals surface area contributed by atoms with Crippen molar-refractivity contribution in [3.05, 3.63) is 29.3 Å². The minimum absolute atomic E-state index is 0.653. The third kappa shape index (κ3) is 1.53. The average Bonchev–Trinajstić information content (AvgIpc) is 2.75. The zero-order valence-electron chi connectivity index (χ0n) is 9.74. The Labute approximate surface area is 96.8 Å². The summed E-state index contributed by atoms with van der Waals surface area (Å²) in [6.45, 7) is 2.16. The Balaban J connectivity index is 1.95. The van der Waals surface area contributed by atoms with Gasteiger partial charge in [-0.05, 0) is 31.4 Å². The molecule has 0 atom stereocenters. The highest BCUT2D eigenvalue weighted by Crippen LogP contribution is 2.34. The van der Waals surface area contributed by atoms with Crippen molar-refractivity contribution in [2.45, 2.75) is 39.0 Å². The highest BCUT2D eigenvalue weighted by Gasteiger charge is 2.27. The van der Waals surface area contributed by atoms with Crippen molar-refractivity contribution in [3.63, 3.8) is 0 Å². The standard InChI is InChI=1S/C14H17N2/c1-10-6-5-9-12-13(10)14(16-15-12)11-7-3-2-4-8-11/h5-6,9,11H,2-4,7-8H2,1H3. The molecule has 1 aromatic carbocycles. The zero-order valence-corrected chi connectivity index (χ0v) is 9.74. The first kappa shape index (κ1) is 9.88. The zero-order chi connectivity index (χ0) is 11.0. The van der Waals surface area contributed by atoms with E-state index < -0.39 is 0 Å². The minimum atomic E-state index is 0.653. The normalized spacial score (nSPS) is 20.2. The van der Waals surface area contributed by atoms with Gasteiger partial charge >= 0.3 is 0 Å². The Morgan fingerprint density at radius 2 is 1.94 bits per heavy atom. The second kappa shape index (κ2) is 3.93. The maximum atomic E-state index is 4.43. The molecule has 1 saturated carbocycles. The van der Waals surface area contributed by atoms with E-state index in [2.05, 4.69) is 35.7 Å². The number of aryl methyl sites for hydroxylation is 1. The molecule has 0 amide bonds. The van der Waals surface area contributed by atoms with Gasteiger partial charge < -0.3 is 0 Å². The van der Waals surface area contributed by atoms with Gasteiger partial charge in [-0.15, -0.1) is 0 Å². The molecule has 0 unspecified atom stereocenters. The molecule has 0 spiro atoms. The van der Waals surface area contributed by atoms with Gasteiger partial charge in [0.25, 0.3) is 0 Å². The lowest BCUT2D eigenvalue weighted by molar-refractivity contribution is 0.439. The topological polar surface area (TPSA) is 26.5 Å². The van der Waals surface area contributed by atoms with Crippen LogP contribution in [0.1, 0.15) is 43.2 Å². The molecule has 1 radical (unpaired) electrons.